The van der Waals surface area contributed by atoms with Crippen molar-refractivity contribution in [2.45, 2.75) is 45.5 Å². The molecule has 1 aromatic heterocycles. The van der Waals surface area contributed by atoms with Gasteiger partial charge in [-0.25, -0.2) is 18.4 Å². The number of nitrogens with one attached hydrogen (secondary N) is 1. The Labute approximate surface area is 201 Å². The fourth-order valence-corrected chi connectivity index (χ4v) is 3.30. The number of ketones is 1. The average molecular weight is 494 g/mol. The molecule has 0 aliphatic heterocycles. The summed E-state index contributed by atoms with van der Waals surface area (Å²) in [6.45, 7) is 2.72. The molecule has 0 bridgehead atoms. The van der Waals surface area contributed by atoms with Crippen LogP contribution in [0.5, 0.6) is 11.5 Å². The maximum absolute atomic E-state index is 12.9. The van der Waals surface area contributed by atoms with Gasteiger partial charge in [0.05, 0.1) is 7.11 Å². The Balaban J connectivity index is 2.01. The van der Waals surface area contributed by atoms with Crippen molar-refractivity contribution < 1.29 is 37.4 Å². The van der Waals surface area contributed by atoms with Gasteiger partial charge in [-0.15, -0.1) is 0 Å². The van der Waals surface area contributed by atoms with Gasteiger partial charge in [-0.1, -0.05) is 32.1 Å². The van der Waals surface area contributed by atoms with E-state index in [1.165, 1.54) is 31.5 Å². The van der Waals surface area contributed by atoms with E-state index >= 15 is 0 Å². The standard InChI is InChI=1S/C25H29F2NO7/c1-15(6-4-5-11-28-25(32)33-3)20-13-19(29)22(24(31)35-20)23(30)16(2)12-17-7-9-18(10-8-17)34-14-21(26)27/h5,7-11,13,15-16,21,29H,4,6,12,14H2,1-3H3,(H,28,32)/b11-5+. The van der Waals surface area contributed by atoms with E-state index in [1.807, 2.05) is 0 Å². The van der Waals surface area contributed by atoms with Gasteiger partial charge in [0.2, 0.25) is 0 Å². The number of hydrogen-bond donors (Lipinski definition) is 2. The van der Waals surface area contributed by atoms with Gasteiger partial charge in [0.1, 0.15) is 29.4 Å². The lowest BCUT2D eigenvalue weighted by Gasteiger charge is -2.14. The summed E-state index contributed by atoms with van der Waals surface area (Å²) in [6, 6.07) is 7.62. The lowest BCUT2D eigenvalue weighted by atomic mass is 9.92. The van der Waals surface area contributed by atoms with E-state index in [2.05, 4.69) is 10.1 Å². The molecule has 2 atom stereocenters. The largest absolute Gasteiger partial charge is 0.507 e. The second-order valence-electron chi connectivity index (χ2n) is 8.03. The molecule has 0 radical (unpaired) electrons. The summed E-state index contributed by atoms with van der Waals surface area (Å²) in [5, 5.41) is 12.8. The number of allylic oxidation sites excluding steroid dienone is 1. The predicted molar refractivity (Wildman–Crippen MR) is 124 cm³/mol. The minimum Gasteiger partial charge on any atom is -0.507 e. The summed E-state index contributed by atoms with van der Waals surface area (Å²) in [4.78, 5) is 36.4. The normalized spacial score (nSPS) is 13.0. The Morgan fingerprint density at radius 2 is 1.89 bits per heavy atom. The number of alkyl carbamates (subject to hydrolysis) is 1. The third kappa shape index (κ3) is 8.55. The Morgan fingerprint density at radius 3 is 2.49 bits per heavy atom. The van der Waals surface area contributed by atoms with Crippen LogP contribution in [0.1, 0.15) is 54.3 Å². The SMILES string of the molecule is COC(=O)N/C=C/CCC(C)c1cc(O)c(C(=O)C(C)Cc2ccc(OCC(F)F)cc2)c(=O)o1. The smallest absolute Gasteiger partial charge is 0.410 e. The van der Waals surface area contributed by atoms with E-state index in [0.29, 0.717) is 12.8 Å². The third-order valence-corrected chi connectivity index (χ3v) is 5.24. The molecule has 8 nitrogen and oxygen atoms in total. The van der Waals surface area contributed by atoms with Crippen molar-refractivity contribution in [3.63, 3.8) is 0 Å². The van der Waals surface area contributed by atoms with Crippen molar-refractivity contribution in [1.82, 2.24) is 5.32 Å². The number of benzene rings is 1. The molecule has 0 saturated heterocycles. The molecule has 0 aliphatic carbocycles. The first-order chi connectivity index (χ1) is 16.6. The zero-order valence-corrected chi connectivity index (χ0v) is 19.8. The molecular weight excluding hydrogens is 464 g/mol. The van der Waals surface area contributed by atoms with Gasteiger partial charge in [0.15, 0.2) is 5.78 Å². The van der Waals surface area contributed by atoms with Crippen LogP contribution in [0.4, 0.5) is 13.6 Å². The van der Waals surface area contributed by atoms with Gasteiger partial charge in [-0.2, -0.15) is 0 Å². The van der Waals surface area contributed by atoms with Crippen LogP contribution >= 0.6 is 0 Å². The van der Waals surface area contributed by atoms with Crippen molar-refractivity contribution in [3.8, 4) is 11.5 Å². The number of alkyl halides is 2. The topological polar surface area (TPSA) is 115 Å². The van der Waals surface area contributed by atoms with E-state index in [9.17, 15) is 28.3 Å². The second kappa shape index (κ2) is 13.3. The van der Waals surface area contributed by atoms with E-state index in [-0.39, 0.29) is 23.8 Å². The van der Waals surface area contributed by atoms with Gasteiger partial charge in [0.25, 0.3) is 6.43 Å². The van der Waals surface area contributed by atoms with Crippen molar-refractivity contribution in [1.29, 1.82) is 0 Å². The zero-order valence-electron chi connectivity index (χ0n) is 19.8. The summed E-state index contributed by atoms with van der Waals surface area (Å²) in [6.07, 6.45) is 1.37. The average Bonchev–Trinajstić information content (AvgIpc) is 2.82. The second-order valence-corrected chi connectivity index (χ2v) is 8.03. The minimum atomic E-state index is -2.58. The van der Waals surface area contributed by atoms with Crippen LogP contribution in [0.3, 0.4) is 0 Å². The molecule has 1 heterocycles. The highest BCUT2D eigenvalue weighted by molar-refractivity contribution is 5.99. The lowest BCUT2D eigenvalue weighted by molar-refractivity contribution is 0.0818. The molecule has 1 aromatic carbocycles. The first kappa shape index (κ1) is 27.6. The van der Waals surface area contributed by atoms with Gasteiger partial charge in [-0.3, -0.25) is 10.1 Å². The number of hydrogen-bond acceptors (Lipinski definition) is 7. The molecule has 0 saturated carbocycles. The molecule has 2 rings (SSSR count). The zero-order chi connectivity index (χ0) is 26.0. The van der Waals surface area contributed by atoms with Crippen molar-refractivity contribution in [3.05, 3.63) is 69.9 Å². The number of ether oxygens (including phenoxy) is 2. The van der Waals surface area contributed by atoms with Crippen LogP contribution < -0.4 is 15.7 Å². The highest BCUT2D eigenvalue weighted by atomic mass is 19.3. The molecule has 0 fully saturated rings. The molecular formula is C25H29F2NO7. The number of carbonyl (C=O) groups excluding carboxylic acids is 2. The summed E-state index contributed by atoms with van der Waals surface area (Å²) < 4.78 is 39.2. The van der Waals surface area contributed by atoms with Crippen molar-refractivity contribution in [2.75, 3.05) is 13.7 Å². The number of amides is 1. The molecule has 0 aliphatic rings. The first-order valence-corrected chi connectivity index (χ1v) is 11.0. The number of aromatic hydroxyl groups is 1. The number of methoxy groups -OCH3 is 1. The van der Waals surface area contributed by atoms with Crippen LogP contribution in [-0.4, -0.2) is 37.1 Å². The summed E-state index contributed by atoms with van der Waals surface area (Å²) in [5.41, 5.74) is -0.589. The van der Waals surface area contributed by atoms with E-state index in [0.717, 1.165) is 5.56 Å². The number of halogens is 2. The monoisotopic (exact) mass is 493 g/mol. The molecule has 2 aromatic rings. The molecule has 2 unspecified atom stereocenters. The van der Waals surface area contributed by atoms with E-state index < -0.39 is 47.8 Å². The fraction of sp³-hybridized carbons (Fsp3) is 0.400. The Kier molecular flexibility index (Phi) is 10.4. The van der Waals surface area contributed by atoms with Crippen LogP contribution in [0.2, 0.25) is 0 Å². The Morgan fingerprint density at radius 1 is 1.20 bits per heavy atom. The fourth-order valence-electron chi connectivity index (χ4n) is 3.30. The molecule has 190 valence electrons. The van der Waals surface area contributed by atoms with Crippen LogP contribution in [-0.2, 0) is 11.2 Å². The summed E-state index contributed by atoms with van der Waals surface area (Å²) in [7, 11) is 1.25. The van der Waals surface area contributed by atoms with Crippen LogP contribution in [0.15, 0.2) is 51.8 Å². The predicted octanol–water partition coefficient (Wildman–Crippen LogP) is 4.80. The highest BCUT2D eigenvalue weighted by Gasteiger charge is 2.25. The van der Waals surface area contributed by atoms with Crippen molar-refractivity contribution in [2.24, 2.45) is 5.92 Å². The van der Waals surface area contributed by atoms with Crippen LogP contribution in [0, 0.1) is 5.92 Å². The number of rotatable bonds is 12. The highest BCUT2D eigenvalue weighted by Crippen LogP contribution is 2.27. The van der Waals surface area contributed by atoms with Crippen molar-refractivity contribution >= 4 is 11.9 Å². The van der Waals surface area contributed by atoms with E-state index in [4.69, 9.17) is 9.15 Å². The first-order valence-electron chi connectivity index (χ1n) is 11.0. The Hall–Kier alpha value is -3.69. The van der Waals surface area contributed by atoms with Gasteiger partial charge >= 0.3 is 11.7 Å². The quantitative estimate of drug-likeness (QED) is 0.408. The molecule has 10 heteroatoms. The number of carbonyl (C=O) groups is 2. The molecule has 0 spiro atoms. The summed E-state index contributed by atoms with van der Waals surface area (Å²) in [5.74, 6) is -1.36. The van der Waals surface area contributed by atoms with Gasteiger partial charge in [-0.05, 0) is 37.0 Å². The molecule has 35 heavy (non-hydrogen) atoms. The van der Waals surface area contributed by atoms with Gasteiger partial charge in [0, 0.05) is 24.1 Å². The van der Waals surface area contributed by atoms with Gasteiger partial charge < -0.3 is 19.0 Å². The number of Topliss-reactive ketones (excluding diaryl/α,β-unsaturated/α-hetero) is 1. The minimum absolute atomic E-state index is 0.233. The summed E-state index contributed by atoms with van der Waals surface area (Å²) >= 11 is 0. The Bertz CT molecular complexity index is 1080. The lowest BCUT2D eigenvalue weighted by Crippen LogP contribution is -2.22. The third-order valence-electron chi connectivity index (χ3n) is 5.24. The maximum Gasteiger partial charge on any atom is 0.410 e. The molecule has 2 N–H and O–H groups in total. The maximum atomic E-state index is 12.9. The molecule has 1 amide bonds. The van der Waals surface area contributed by atoms with E-state index in [1.54, 1.807) is 32.1 Å². The van der Waals surface area contributed by atoms with Crippen LogP contribution in [0.25, 0.3) is 0 Å².